The molecule has 35 heavy (non-hydrogen) atoms. The van der Waals surface area contributed by atoms with Crippen molar-refractivity contribution in [3.05, 3.63) is 23.8 Å². The number of amides is 1. The number of piperidine rings is 1. The Kier molecular flexibility index (Phi) is 5.20. The van der Waals surface area contributed by atoms with Crippen molar-refractivity contribution in [3.8, 4) is 5.75 Å². The fourth-order valence-corrected chi connectivity index (χ4v) is 5.33. The molecule has 1 amide bonds. The number of fused-ring (bicyclic) bond motifs is 1. The Balaban J connectivity index is 1.38. The summed E-state index contributed by atoms with van der Waals surface area (Å²) in [4.78, 5) is 24.0. The highest BCUT2D eigenvalue weighted by molar-refractivity contribution is 7.90. The number of benzene rings is 1. The molecule has 4 unspecified atom stereocenters. The number of ether oxygens (including phenoxy) is 1. The molecule has 2 saturated carbocycles. The van der Waals surface area contributed by atoms with E-state index in [2.05, 4.69) is 10.5 Å². The number of halogens is 5. The Morgan fingerprint density at radius 3 is 2.60 bits per heavy atom. The van der Waals surface area contributed by atoms with Gasteiger partial charge in [0.2, 0.25) is 0 Å². The molecule has 5 atom stereocenters. The van der Waals surface area contributed by atoms with Crippen LogP contribution in [0.25, 0.3) is 0 Å². The molecule has 8 nitrogen and oxygen atoms in total. The second-order valence-corrected chi connectivity index (χ2v) is 11.7. The van der Waals surface area contributed by atoms with Crippen LogP contribution in [0, 0.1) is 17.3 Å². The third-order valence-electron chi connectivity index (χ3n) is 7.03. The maximum Gasteiger partial charge on any atom is 0.425 e. The molecule has 4 aliphatic rings. The molecule has 1 aromatic carbocycles. The molecule has 1 aromatic rings. The minimum Gasteiger partial charge on any atom is -0.480 e. The average Bonchev–Trinajstić information content (AvgIpc) is 3.43. The maximum absolute atomic E-state index is 13.4. The number of hydrogen-bond acceptors (Lipinski definition) is 7. The lowest BCUT2D eigenvalue weighted by molar-refractivity contribution is -0.189. The van der Waals surface area contributed by atoms with Gasteiger partial charge in [-0.25, -0.2) is 27.0 Å². The monoisotopic (exact) mass is 523 g/mol. The van der Waals surface area contributed by atoms with Gasteiger partial charge in [-0.05, 0) is 37.5 Å². The summed E-state index contributed by atoms with van der Waals surface area (Å²) in [5.74, 6) is -4.59. The van der Waals surface area contributed by atoms with Gasteiger partial charge in [0.1, 0.15) is 11.6 Å². The predicted molar refractivity (Wildman–Crippen MR) is 111 cm³/mol. The van der Waals surface area contributed by atoms with E-state index in [1.54, 1.807) is 0 Å². The van der Waals surface area contributed by atoms with E-state index < -0.39 is 57.3 Å². The highest BCUT2D eigenvalue weighted by Crippen LogP contribution is 2.60. The van der Waals surface area contributed by atoms with Crippen molar-refractivity contribution in [1.29, 1.82) is 0 Å². The van der Waals surface area contributed by atoms with Crippen molar-refractivity contribution in [2.75, 3.05) is 19.3 Å². The first-order valence-corrected chi connectivity index (χ1v) is 12.8. The van der Waals surface area contributed by atoms with Crippen molar-refractivity contribution in [3.63, 3.8) is 0 Å². The number of sulfone groups is 1. The number of hydrogen-bond donors (Lipinski definition) is 1. The van der Waals surface area contributed by atoms with Crippen LogP contribution in [0.3, 0.4) is 0 Å². The molecule has 5 rings (SSSR count). The van der Waals surface area contributed by atoms with Crippen LogP contribution < -0.4 is 10.2 Å². The second-order valence-electron chi connectivity index (χ2n) is 9.63. The molecular weight excluding hydrogens is 501 g/mol. The summed E-state index contributed by atoms with van der Waals surface area (Å²) in [7, 11) is -3.76. The van der Waals surface area contributed by atoms with Gasteiger partial charge < -0.3 is 9.64 Å². The summed E-state index contributed by atoms with van der Waals surface area (Å²) < 4.78 is 94.9. The quantitative estimate of drug-likeness (QED) is 0.576. The van der Waals surface area contributed by atoms with Gasteiger partial charge in [-0.3, -0.25) is 10.3 Å². The van der Waals surface area contributed by atoms with Crippen LogP contribution in [0.2, 0.25) is 0 Å². The molecule has 0 bridgehead atoms. The topological polar surface area (TPSA) is 97.3 Å². The minimum atomic E-state index is -4.70. The van der Waals surface area contributed by atoms with E-state index in [9.17, 15) is 35.2 Å². The number of nitrogens with zero attached hydrogens (tertiary/aromatic N) is 2. The summed E-state index contributed by atoms with van der Waals surface area (Å²) in [6, 6.07) is 3.12. The Hall–Kier alpha value is -2.48. The zero-order valence-corrected chi connectivity index (χ0v) is 19.4. The number of carbonyl (C=O) groups is 1. The first-order chi connectivity index (χ1) is 16.1. The van der Waals surface area contributed by atoms with Gasteiger partial charge in [0.25, 0.3) is 11.8 Å². The smallest absolute Gasteiger partial charge is 0.425 e. The summed E-state index contributed by atoms with van der Waals surface area (Å²) in [6.07, 6.45) is -6.71. The number of nitrogens with one attached hydrogen (secondary N) is 1. The van der Waals surface area contributed by atoms with Gasteiger partial charge in [0.05, 0.1) is 21.8 Å². The highest BCUT2D eigenvalue weighted by Gasteiger charge is 2.67. The molecule has 2 aliphatic heterocycles. The number of amidine groups is 1. The Morgan fingerprint density at radius 1 is 1.31 bits per heavy atom. The van der Waals surface area contributed by atoms with E-state index in [0.29, 0.717) is 12.3 Å². The van der Waals surface area contributed by atoms with E-state index in [1.807, 2.05) is 0 Å². The van der Waals surface area contributed by atoms with Crippen LogP contribution in [0.15, 0.2) is 28.1 Å². The van der Waals surface area contributed by atoms with Crippen LogP contribution in [0.4, 0.5) is 22.0 Å². The molecular formula is C21H22F5N3O5S. The zero-order chi connectivity index (χ0) is 25.6. The van der Waals surface area contributed by atoms with Gasteiger partial charge in [0.15, 0.2) is 22.2 Å². The van der Waals surface area contributed by atoms with E-state index in [-0.39, 0.29) is 35.9 Å². The van der Waals surface area contributed by atoms with Crippen molar-refractivity contribution < 1.29 is 44.7 Å². The average molecular weight is 523 g/mol. The third kappa shape index (κ3) is 4.24. The number of hydroxylamine groups is 1. The van der Waals surface area contributed by atoms with Crippen LogP contribution in [-0.4, -0.2) is 68.8 Å². The number of rotatable bonds is 6. The van der Waals surface area contributed by atoms with E-state index >= 15 is 0 Å². The highest BCUT2D eigenvalue weighted by atomic mass is 32.2. The second kappa shape index (κ2) is 7.51. The zero-order valence-electron chi connectivity index (χ0n) is 18.6. The largest absolute Gasteiger partial charge is 0.480 e. The summed E-state index contributed by atoms with van der Waals surface area (Å²) in [5, 5.41) is 0. The van der Waals surface area contributed by atoms with Crippen LogP contribution in [0.1, 0.15) is 30.1 Å². The fourth-order valence-electron chi connectivity index (χ4n) is 4.68. The van der Waals surface area contributed by atoms with Gasteiger partial charge in [-0.2, -0.15) is 13.2 Å². The summed E-state index contributed by atoms with van der Waals surface area (Å²) in [5.41, 5.74) is 1.69. The van der Waals surface area contributed by atoms with Gasteiger partial charge >= 0.3 is 6.18 Å². The lowest BCUT2D eigenvalue weighted by Gasteiger charge is -2.24. The normalized spacial score (nSPS) is 31.9. The lowest BCUT2D eigenvalue weighted by atomic mass is 10.1. The van der Waals surface area contributed by atoms with Crippen LogP contribution >= 0.6 is 0 Å². The minimum absolute atomic E-state index is 0.0451. The molecule has 0 radical (unpaired) electrons. The predicted octanol–water partition coefficient (Wildman–Crippen LogP) is 2.80. The Labute approximate surface area is 197 Å². The first-order valence-electron chi connectivity index (χ1n) is 10.9. The van der Waals surface area contributed by atoms with Crippen molar-refractivity contribution >= 4 is 21.6 Å². The molecule has 1 N–H and O–H groups in total. The molecule has 0 spiro atoms. The lowest BCUT2D eigenvalue weighted by Crippen LogP contribution is -2.37. The molecule has 1 saturated heterocycles. The third-order valence-corrected chi connectivity index (χ3v) is 8.14. The SMILES string of the molecule is C[C@H](Oc1ccc(S(C)(=O)=O)cc1C(=O)N1CC2CC2(C2=NC(C3CC3(F)F)ON2)C1)C(F)(F)F. The van der Waals surface area contributed by atoms with E-state index in [0.717, 1.165) is 31.4 Å². The fraction of sp³-hybridized carbons (Fsp3) is 0.619. The number of alkyl halides is 5. The van der Waals surface area contributed by atoms with Crippen molar-refractivity contribution in [1.82, 2.24) is 10.4 Å². The van der Waals surface area contributed by atoms with Crippen LogP contribution in [0.5, 0.6) is 5.75 Å². The van der Waals surface area contributed by atoms with Gasteiger partial charge in [0, 0.05) is 25.8 Å². The summed E-state index contributed by atoms with van der Waals surface area (Å²) >= 11 is 0. The van der Waals surface area contributed by atoms with E-state index in [1.165, 1.54) is 4.90 Å². The summed E-state index contributed by atoms with van der Waals surface area (Å²) in [6.45, 7) is 1.14. The van der Waals surface area contributed by atoms with Gasteiger partial charge in [-0.1, -0.05) is 0 Å². The number of aliphatic imine (C=N–C) groups is 1. The van der Waals surface area contributed by atoms with Gasteiger partial charge in [-0.15, -0.1) is 0 Å². The van der Waals surface area contributed by atoms with E-state index in [4.69, 9.17) is 9.57 Å². The molecule has 0 aromatic heterocycles. The number of likely N-dealkylation sites (tertiary alicyclic amines) is 1. The van der Waals surface area contributed by atoms with Crippen molar-refractivity contribution in [2.45, 2.75) is 49.1 Å². The first kappa shape index (κ1) is 24.2. The standard InChI is InChI=1S/C21H22F5N3O5S/c1-10(21(24,25)26)33-15-4-3-12(35(2,31)32)5-13(15)17(30)29-8-11-6-19(11,9-29)18-27-16(34-28-18)14-7-20(14,22)23/h3-5,10-11,14,16H,6-9H2,1-2H3,(H,27,28)/t10-,11?,14?,16?,19?/m0/s1. The number of carbonyl (C=O) groups excluding carboxylic acids is 1. The van der Waals surface area contributed by atoms with Crippen molar-refractivity contribution in [2.24, 2.45) is 22.2 Å². The molecule has 2 heterocycles. The molecule has 3 fully saturated rings. The Morgan fingerprint density at radius 2 is 2.00 bits per heavy atom. The maximum atomic E-state index is 13.4. The van der Waals surface area contributed by atoms with Crippen LogP contribution in [-0.2, 0) is 14.7 Å². The molecule has 14 heteroatoms. The molecule has 2 aliphatic carbocycles. The Bertz CT molecular complexity index is 1220. The molecule has 192 valence electrons.